The number of hydrogen-bond acceptors (Lipinski definition) is 4. The molecule has 1 atom stereocenters. The van der Waals surface area contributed by atoms with Gasteiger partial charge < -0.3 is 10.4 Å². The van der Waals surface area contributed by atoms with Gasteiger partial charge in [-0.25, -0.2) is 0 Å². The maximum atomic E-state index is 9.78. The Morgan fingerprint density at radius 3 is 3.00 bits per heavy atom. The lowest BCUT2D eigenvalue weighted by molar-refractivity contribution is 0.184. The van der Waals surface area contributed by atoms with Crippen molar-refractivity contribution in [3.8, 4) is 5.75 Å². The number of rotatable bonds is 3. The summed E-state index contributed by atoms with van der Waals surface area (Å²) < 4.78 is 0. The van der Waals surface area contributed by atoms with Gasteiger partial charge in [0.2, 0.25) is 0 Å². The number of likely N-dealkylation sites (tertiary alicyclic amines) is 1. The average molecular weight is 272 g/mol. The highest BCUT2D eigenvalue weighted by atomic mass is 35.5. The van der Waals surface area contributed by atoms with E-state index in [2.05, 4.69) is 15.2 Å². The number of aromatic hydroxyl groups is 1. The van der Waals surface area contributed by atoms with Crippen LogP contribution in [0.3, 0.4) is 0 Å². The third kappa shape index (κ3) is 3.83. The Balaban J connectivity index is 0.00000162. The van der Waals surface area contributed by atoms with Gasteiger partial charge >= 0.3 is 0 Å². The lowest BCUT2D eigenvalue weighted by atomic mass is 10.1. The van der Waals surface area contributed by atoms with E-state index in [1.165, 1.54) is 12.8 Å². The van der Waals surface area contributed by atoms with Crippen molar-refractivity contribution in [3.63, 3.8) is 0 Å². The number of aryl methyl sites for hydroxylation is 1. The lowest BCUT2D eigenvalue weighted by Gasteiger charge is -2.32. The van der Waals surface area contributed by atoms with Gasteiger partial charge in [0.05, 0.1) is 5.69 Å². The Kier molecular flexibility index (Phi) is 5.85. The van der Waals surface area contributed by atoms with Crippen LogP contribution in [0.5, 0.6) is 5.75 Å². The first kappa shape index (κ1) is 15.2. The minimum atomic E-state index is 0. The van der Waals surface area contributed by atoms with Crippen LogP contribution in [0, 0.1) is 6.92 Å². The van der Waals surface area contributed by atoms with Crippen LogP contribution in [-0.2, 0) is 6.54 Å². The van der Waals surface area contributed by atoms with Gasteiger partial charge in [0.25, 0.3) is 0 Å². The molecule has 0 spiro atoms. The first-order valence-corrected chi connectivity index (χ1v) is 6.24. The molecule has 1 aromatic heterocycles. The van der Waals surface area contributed by atoms with E-state index in [1.807, 2.05) is 20.0 Å². The minimum absolute atomic E-state index is 0. The SMILES string of the molecule is CNC1CCCN(Cc2nc(C)ccc2O)C1.Cl. The van der Waals surface area contributed by atoms with Crippen LogP contribution in [0.4, 0.5) is 0 Å². The van der Waals surface area contributed by atoms with Crippen molar-refractivity contribution >= 4 is 12.4 Å². The van der Waals surface area contributed by atoms with E-state index < -0.39 is 0 Å². The van der Waals surface area contributed by atoms with E-state index in [0.717, 1.165) is 31.0 Å². The van der Waals surface area contributed by atoms with Gasteiger partial charge in [0.1, 0.15) is 5.75 Å². The summed E-state index contributed by atoms with van der Waals surface area (Å²) in [7, 11) is 2.01. The molecule has 2 heterocycles. The number of halogens is 1. The molecule has 1 aromatic rings. The largest absolute Gasteiger partial charge is 0.506 e. The molecule has 1 aliphatic heterocycles. The highest BCUT2D eigenvalue weighted by Crippen LogP contribution is 2.19. The Morgan fingerprint density at radius 2 is 2.28 bits per heavy atom. The molecule has 0 amide bonds. The molecule has 5 heteroatoms. The molecule has 102 valence electrons. The van der Waals surface area contributed by atoms with Gasteiger partial charge in [0, 0.05) is 24.8 Å². The summed E-state index contributed by atoms with van der Waals surface area (Å²) in [6.07, 6.45) is 2.44. The minimum Gasteiger partial charge on any atom is -0.506 e. The zero-order valence-electron chi connectivity index (χ0n) is 11.0. The first-order chi connectivity index (χ1) is 8.19. The monoisotopic (exact) mass is 271 g/mol. The highest BCUT2D eigenvalue weighted by Gasteiger charge is 2.19. The zero-order valence-corrected chi connectivity index (χ0v) is 11.8. The van der Waals surface area contributed by atoms with Crippen LogP contribution >= 0.6 is 12.4 Å². The van der Waals surface area contributed by atoms with Gasteiger partial charge in [0.15, 0.2) is 0 Å². The molecular formula is C13H22ClN3O. The van der Waals surface area contributed by atoms with Crippen LogP contribution in [0.25, 0.3) is 0 Å². The molecule has 0 aliphatic carbocycles. The highest BCUT2D eigenvalue weighted by molar-refractivity contribution is 5.85. The fraction of sp³-hybridized carbons (Fsp3) is 0.615. The van der Waals surface area contributed by atoms with Gasteiger partial charge in [-0.15, -0.1) is 12.4 Å². The third-order valence-electron chi connectivity index (χ3n) is 3.38. The molecule has 4 nitrogen and oxygen atoms in total. The van der Waals surface area contributed by atoms with Crippen molar-refractivity contribution in [2.24, 2.45) is 0 Å². The molecule has 0 saturated carbocycles. The Hall–Kier alpha value is -0.840. The number of pyridine rings is 1. The fourth-order valence-corrected chi connectivity index (χ4v) is 2.37. The third-order valence-corrected chi connectivity index (χ3v) is 3.38. The fourth-order valence-electron chi connectivity index (χ4n) is 2.37. The van der Waals surface area contributed by atoms with Crippen molar-refractivity contribution in [3.05, 3.63) is 23.5 Å². The van der Waals surface area contributed by atoms with E-state index in [4.69, 9.17) is 0 Å². The number of nitrogens with zero attached hydrogens (tertiary/aromatic N) is 2. The van der Waals surface area contributed by atoms with E-state index in [0.29, 0.717) is 11.8 Å². The van der Waals surface area contributed by atoms with Crippen molar-refractivity contribution in [2.45, 2.75) is 32.4 Å². The molecule has 2 rings (SSSR count). The summed E-state index contributed by atoms with van der Waals surface area (Å²) in [5, 5.41) is 13.1. The maximum absolute atomic E-state index is 9.78. The second-order valence-corrected chi connectivity index (χ2v) is 4.78. The lowest BCUT2D eigenvalue weighted by Crippen LogP contribution is -2.44. The summed E-state index contributed by atoms with van der Waals surface area (Å²) in [6.45, 7) is 4.82. The van der Waals surface area contributed by atoms with E-state index in [1.54, 1.807) is 6.07 Å². The number of aromatic nitrogens is 1. The van der Waals surface area contributed by atoms with Crippen molar-refractivity contribution in [1.82, 2.24) is 15.2 Å². The van der Waals surface area contributed by atoms with Gasteiger partial charge in [-0.2, -0.15) is 0 Å². The molecule has 0 radical (unpaired) electrons. The van der Waals surface area contributed by atoms with E-state index in [-0.39, 0.29) is 12.4 Å². The summed E-state index contributed by atoms with van der Waals surface area (Å²) in [6, 6.07) is 4.14. The van der Waals surface area contributed by atoms with Crippen LogP contribution in [0.1, 0.15) is 24.2 Å². The predicted molar refractivity (Wildman–Crippen MR) is 75.2 cm³/mol. The molecule has 0 aromatic carbocycles. The van der Waals surface area contributed by atoms with Gasteiger partial charge in [-0.1, -0.05) is 0 Å². The molecule has 1 saturated heterocycles. The Labute approximate surface area is 115 Å². The van der Waals surface area contributed by atoms with E-state index >= 15 is 0 Å². The summed E-state index contributed by atoms with van der Waals surface area (Å²) in [5.74, 6) is 0.308. The molecule has 1 unspecified atom stereocenters. The molecule has 2 N–H and O–H groups in total. The quantitative estimate of drug-likeness (QED) is 0.879. The normalized spacial score (nSPS) is 20.4. The second-order valence-electron chi connectivity index (χ2n) is 4.78. The predicted octanol–water partition coefficient (Wildman–Crippen LogP) is 1.70. The maximum Gasteiger partial charge on any atom is 0.138 e. The topological polar surface area (TPSA) is 48.4 Å². The standard InChI is InChI=1S/C13H21N3O.ClH/c1-10-5-6-13(17)12(15-10)9-16-7-3-4-11(8-16)14-2;/h5-6,11,14,17H,3-4,7-9H2,1-2H3;1H. The van der Waals surface area contributed by atoms with Crippen LogP contribution in [-0.4, -0.2) is 41.2 Å². The van der Waals surface area contributed by atoms with E-state index in [9.17, 15) is 5.11 Å². The van der Waals surface area contributed by atoms with Crippen LogP contribution in [0.15, 0.2) is 12.1 Å². The van der Waals surface area contributed by atoms with Crippen LogP contribution in [0.2, 0.25) is 0 Å². The Bertz CT molecular complexity index is 386. The first-order valence-electron chi connectivity index (χ1n) is 6.24. The number of hydrogen-bond donors (Lipinski definition) is 2. The Morgan fingerprint density at radius 1 is 1.50 bits per heavy atom. The van der Waals surface area contributed by atoms with Crippen molar-refractivity contribution in [1.29, 1.82) is 0 Å². The van der Waals surface area contributed by atoms with Gasteiger partial charge in [-0.05, 0) is 45.5 Å². The van der Waals surface area contributed by atoms with Crippen molar-refractivity contribution < 1.29 is 5.11 Å². The second kappa shape index (κ2) is 6.92. The number of piperidine rings is 1. The van der Waals surface area contributed by atoms with Crippen molar-refractivity contribution in [2.75, 3.05) is 20.1 Å². The van der Waals surface area contributed by atoms with Gasteiger partial charge in [-0.3, -0.25) is 9.88 Å². The molecule has 1 fully saturated rings. The zero-order chi connectivity index (χ0) is 12.3. The molecule has 0 bridgehead atoms. The molecule has 18 heavy (non-hydrogen) atoms. The summed E-state index contributed by atoms with van der Waals surface area (Å²) in [5.41, 5.74) is 1.75. The summed E-state index contributed by atoms with van der Waals surface area (Å²) >= 11 is 0. The summed E-state index contributed by atoms with van der Waals surface area (Å²) in [4.78, 5) is 6.76. The molecular weight excluding hydrogens is 250 g/mol. The number of nitrogens with one attached hydrogen (secondary N) is 1. The average Bonchev–Trinajstić information content (AvgIpc) is 2.34. The number of likely N-dealkylation sites (N-methyl/N-ethyl adjacent to an activating group) is 1. The van der Waals surface area contributed by atoms with Crippen LogP contribution < -0.4 is 5.32 Å². The molecule has 1 aliphatic rings. The smallest absolute Gasteiger partial charge is 0.138 e.